The minimum Gasteiger partial charge on any atom is -0.497 e. The first-order chi connectivity index (χ1) is 15.5. The van der Waals surface area contributed by atoms with E-state index in [0.29, 0.717) is 23.8 Å². The molecule has 0 fully saturated rings. The zero-order valence-electron chi connectivity index (χ0n) is 16.8. The maximum absolute atomic E-state index is 9.74. The van der Waals surface area contributed by atoms with Gasteiger partial charge in [-0.25, -0.2) is 4.98 Å². The van der Waals surface area contributed by atoms with E-state index in [9.17, 15) is 5.26 Å². The Balaban J connectivity index is 1.60. The Morgan fingerprint density at radius 1 is 1.06 bits per heavy atom. The summed E-state index contributed by atoms with van der Waals surface area (Å²) >= 11 is 10.6. The summed E-state index contributed by atoms with van der Waals surface area (Å²) in [4.78, 5) is 7.72. The number of rotatable bonds is 6. The highest BCUT2D eigenvalue weighted by atomic mass is 79.9. The Bertz CT molecular complexity index is 1330. The van der Waals surface area contributed by atoms with Crippen LogP contribution in [0.1, 0.15) is 17.0 Å². The zero-order valence-corrected chi connectivity index (χ0v) is 21.6. The number of hydrogen-bond acceptors (Lipinski definition) is 4. The molecule has 3 aromatic carbocycles. The highest BCUT2D eigenvalue weighted by molar-refractivity contribution is 9.11. The van der Waals surface area contributed by atoms with Gasteiger partial charge in [0.25, 0.3) is 0 Å². The molecule has 1 N–H and O–H groups in total. The lowest BCUT2D eigenvalue weighted by molar-refractivity contribution is 0.302. The van der Waals surface area contributed by atoms with Crippen LogP contribution in [0.2, 0.25) is 0 Å². The quantitative estimate of drug-likeness (QED) is 0.227. The van der Waals surface area contributed by atoms with Crippen molar-refractivity contribution in [1.29, 1.82) is 5.26 Å². The first kappa shape index (κ1) is 22.6. The molecule has 32 heavy (non-hydrogen) atoms. The molecular weight excluding hydrogens is 602 g/mol. The Morgan fingerprint density at radius 3 is 2.44 bits per heavy atom. The Hall–Kier alpha value is -2.60. The van der Waals surface area contributed by atoms with Crippen molar-refractivity contribution < 1.29 is 9.47 Å². The van der Waals surface area contributed by atoms with Gasteiger partial charge in [-0.3, -0.25) is 0 Å². The maximum Gasteiger partial charge on any atom is 0.149 e. The van der Waals surface area contributed by atoms with Crippen molar-refractivity contribution in [2.45, 2.75) is 6.61 Å². The average molecular weight is 618 g/mol. The van der Waals surface area contributed by atoms with E-state index in [1.807, 2.05) is 54.6 Å². The van der Waals surface area contributed by atoms with E-state index in [1.165, 1.54) is 0 Å². The summed E-state index contributed by atoms with van der Waals surface area (Å²) in [6, 6.07) is 19.6. The van der Waals surface area contributed by atoms with Gasteiger partial charge in [-0.2, -0.15) is 5.26 Å². The normalized spacial score (nSPS) is 11.4. The minimum atomic E-state index is 0.419. The number of nitrogens with one attached hydrogen (secondary N) is 1. The molecule has 0 bridgehead atoms. The molecule has 0 saturated carbocycles. The lowest BCUT2D eigenvalue weighted by Crippen LogP contribution is -1.97. The molecule has 0 spiro atoms. The molecule has 0 aliphatic rings. The Labute approximate surface area is 210 Å². The number of imidazole rings is 1. The number of benzene rings is 3. The van der Waals surface area contributed by atoms with Crippen LogP contribution in [0.15, 0.2) is 68.0 Å². The van der Waals surface area contributed by atoms with Crippen molar-refractivity contribution in [2.24, 2.45) is 0 Å². The molecule has 1 heterocycles. The molecule has 160 valence electrons. The number of allylic oxidation sites excluding steroid dienone is 1. The molecule has 0 unspecified atom stereocenters. The van der Waals surface area contributed by atoms with E-state index < -0.39 is 0 Å². The highest BCUT2D eigenvalue weighted by Crippen LogP contribution is 2.36. The van der Waals surface area contributed by atoms with Crippen molar-refractivity contribution in [3.8, 4) is 17.6 Å². The molecule has 5 nitrogen and oxygen atoms in total. The average Bonchev–Trinajstić information content (AvgIpc) is 3.21. The minimum absolute atomic E-state index is 0.419. The number of ether oxygens (including phenoxy) is 2. The van der Waals surface area contributed by atoms with Gasteiger partial charge in [-0.15, -0.1) is 0 Å². The second-order valence-electron chi connectivity index (χ2n) is 6.87. The summed E-state index contributed by atoms with van der Waals surface area (Å²) < 4.78 is 13.8. The Morgan fingerprint density at radius 2 is 1.78 bits per heavy atom. The summed E-state index contributed by atoms with van der Waals surface area (Å²) in [5, 5.41) is 9.74. The number of nitriles is 1. The van der Waals surface area contributed by atoms with Gasteiger partial charge in [0.2, 0.25) is 0 Å². The SMILES string of the molecule is COc1ccc2nc(/C(C#N)=C\c3cc(Br)c(OCc4ccc(Br)cc4)c(Br)c3)[nH]c2c1. The fraction of sp³-hybridized carbons (Fsp3) is 0.0833. The van der Waals surface area contributed by atoms with E-state index in [1.54, 1.807) is 13.2 Å². The van der Waals surface area contributed by atoms with Crippen molar-refractivity contribution in [2.75, 3.05) is 7.11 Å². The molecule has 4 rings (SSSR count). The topological polar surface area (TPSA) is 70.9 Å². The standard InChI is InChI=1S/C24H16Br3N3O2/c1-31-18-6-7-21-22(11-18)30-24(29-21)16(12-28)8-15-9-19(26)23(20(27)10-15)32-13-14-2-4-17(25)5-3-14/h2-11H,13H2,1H3,(H,29,30)/b16-8-. The maximum atomic E-state index is 9.74. The van der Waals surface area contributed by atoms with Gasteiger partial charge in [-0.05, 0) is 85.5 Å². The first-order valence-corrected chi connectivity index (χ1v) is 11.9. The Kier molecular flexibility index (Phi) is 6.99. The molecule has 0 aliphatic carbocycles. The lowest BCUT2D eigenvalue weighted by atomic mass is 10.1. The molecule has 0 atom stereocenters. The molecule has 8 heteroatoms. The monoisotopic (exact) mass is 615 g/mol. The number of aromatic amines is 1. The lowest BCUT2D eigenvalue weighted by Gasteiger charge is -2.12. The molecule has 0 aliphatic heterocycles. The third-order valence-corrected chi connectivity index (χ3v) is 6.40. The van der Waals surface area contributed by atoms with Crippen LogP contribution >= 0.6 is 47.8 Å². The second-order valence-corrected chi connectivity index (χ2v) is 9.49. The summed E-state index contributed by atoms with van der Waals surface area (Å²) in [5.41, 5.74) is 3.88. The zero-order chi connectivity index (χ0) is 22.7. The van der Waals surface area contributed by atoms with E-state index >= 15 is 0 Å². The molecule has 4 aromatic rings. The van der Waals surface area contributed by atoms with Crippen LogP contribution in [-0.4, -0.2) is 17.1 Å². The third kappa shape index (κ3) is 5.07. The molecule has 0 saturated heterocycles. The summed E-state index contributed by atoms with van der Waals surface area (Å²) in [6.07, 6.45) is 1.78. The summed E-state index contributed by atoms with van der Waals surface area (Å²) in [6.45, 7) is 0.436. The van der Waals surface area contributed by atoms with Crippen molar-refractivity contribution in [1.82, 2.24) is 9.97 Å². The van der Waals surface area contributed by atoms with Gasteiger partial charge < -0.3 is 14.5 Å². The first-order valence-electron chi connectivity index (χ1n) is 9.49. The largest absolute Gasteiger partial charge is 0.497 e. The predicted molar refractivity (Wildman–Crippen MR) is 136 cm³/mol. The number of halogens is 3. The molecule has 1 aromatic heterocycles. The van der Waals surface area contributed by atoms with Crippen LogP contribution in [-0.2, 0) is 6.61 Å². The van der Waals surface area contributed by atoms with Crippen LogP contribution in [0.4, 0.5) is 0 Å². The molecule has 0 amide bonds. The van der Waals surface area contributed by atoms with Crippen LogP contribution in [0.3, 0.4) is 0 Å². The van der Waals surface area contributed by atoms with Gasteiger partial charge in [0.15, 0.2) is 0 Å². The van der Waals surface area contributed by atoms with Crippen LogP contribution in [0.5, 0.6) is 11.5 Å². The smallest absolute Gasteiger partial charge is 0.149 e. The van der Waals surface area contributed by atoms with Gasteiger partial charge in [0, 0.05) is 10.5 Å². The predicted octanol–water partition coefficient (Wildman–Crippen LogP) is 7.50. The van der Waals surface area contributed by atoms with Gasteiger partial charge in [0.05, 0.1) is 32.7 Å². The third-order valence-electron chi connectivity index (χ3n) is 4.69. The van der Waals surface area contributed by atoms with E-state index in [4.69, 9.17) is 9.47 Å². The van der Waals surface area contributed by atoms with Gasteiger partial charge in [0.1, 0.15) is 30.0 Å². The molecular formula is C24H16Br3N3O2. The van der Waals surface area contributed by atoms with Crippen LogP contribution in [0.25, 0.3) is 22.7 Å². The van der Waals surface area contributed by atoms with Crippen molar-refractivity contribution in [3.63, 3.8) is 0 Å². The number of hydrogen-bond donors (Lipinski definition) is 1. The summed E-state index contributed by atoms with van der Waals surface area (Å²) in [7, 11) is 1.61. The van der Waals surface area contributed by atoms with Crippen molar-refractivity contribution >= 4 is 70.5 Å². The number of nitrogens with zero attached hydrogens (tertiary/aromatic N) is 2. The summed E-state index contributed by atoms with van der Waals surface area (Å²) in [5.74, 6) is 1.92. The fourth-order valence-corrected chi connectivity index (χ4v) is 4.82. The van der Waals surface area contributed by atoms with Crippen LogP contribution in [0, 0.1) is 11.3 Å². The fourth-order valence-electron chi connectivity index (χ4n) is 3.10. The van der Waals surface area contributed by atoms with Gasteiger partial charge >= 0.3 is 0 Å². The number of methoxy groups -OCH3 is 1. The molecule has 0 radical (unpaired) electrons. The highest BCUT2D eigenvalue weighted by Gasteiger charge is 2.12. The van der Waals surface area contributed by atoms with E-state index in [-0.39, 0.29) is 0 Å². The number of H-pyrrole nitrogens is 1. The van der Waals surface area contributed by atoms with E-state index in [2.05, 4.69) is 63.8 Å². The number of aromatic nitrogens is 2. The number of fused-ring (bicyclic) bond motifs is 1. The van der Waals surface area contributed by atoms with Crippen LogP contribution < -0.4 is 9.47 Å². The second kappa shape index (κ2) is 9.90. The van der Waals surface area contributed by atoms with Gasteiger partial charge in [-0.1, -0.05) is 28.1 Å². The van der Waals surface area contributed by atoms with Crippen molar-refractivity contribution in [3.05, 3.63) is 85.0 Å². The van der Waals surface area contributed by atoms with E-state index in [0.717, 1.165) is 41.3 Å².